The number of carbonyl (C=O) groups excluding carboxylic acids is 1. The second kappa shape index (κ2) is 8.76. The predicted octanol–water partition coefficient (Wildman–Crippen LogP) is 3.14. The fourth-order valence-electron chi connectivity index (χ4n) is 1.90. The lowest BCUT2D eigenvalue weighted by atomic mass is 10.2. The summed E-state index contributed by atoms with van der Waals surface area (Å²) in [5.41, 5.74) is 0.510. The molecule has 0 aromatic carbocycles. The summed E-state index contributed by atoms with van der Waals surface area (Å²) in [5.74, 6) is 4.00. The maximum Gasteiger partial charge on any atom is 0.252 e. The van der Waals surface area contributed by atoms with Gasteiger partial charge in [0, 0.05) is 41.8 Å². The molecule has 7 heteroatoms. The third-order valence-corrected chi connectivity index (χ3v) is 6.15. The first-order valence-electron chi connectivity index (χ1n) is 7.07. The van der Waals surface area contributed by atoms with Gasteiger partial charge in [-0.2, -0.15) is 23.5 Å². The number of rotatable bonds is 6. The first kappa shape index (κ1) is 16.8. The number of amides is 1. The lowest BCUT2D eigenvalue weighted by Crippen LogP contribution is -2.33. The second-order valence-electron chi connectivity index (χ2n) is 4.76. The Hall–Kier alpha value is -0.590. The van der Waals surface area contributed by atoms with Crippen LogP contribution in [-0.4, -0.2) is 46.5 Å². The van der Waals surface area contributed by atoms with E-state index in [1.807, 2.05) is 23.5 Å². The van der Waals surface area contributed by atoms with E-state index in [4.69, 9.17) is 11.6 Å². The number of carbonyl (C=O) groups is 1. The van der Waals surface area contributed by atoms with Crippen LogP contribution in [0, 0.1) is 0 Å². The monoisotopic (exact) mass is 345 g/mol. The Kier molecular flexibility index (Phi) is 6.99. The van der Waals surface area contributed by atoms with Gasteiger partial charge in [0.05, 0.1) is 10.6 Å². The third-order valence-electron chi connectivity index (χ3n) is 3.02. The van der Waals surface area contributed by atoms with Crippen molar-refractivity contribution < 1.29 is 4.79 Å². The first-order chi connectivity index (χ1) is 10.2. The summed E-state index contributed by atoms with van der Waals surface area (Å²) in [6, 6.07) is 1.67. The number of pyridine rings is 1. The van der Waals surface area contributed by atoms with Gasteiger partial charge in [-0.3, -0.25) is 4.79 Å². The Morgan fingerprint density at radius 2 is 2.38 bits per heavy atom. The zero-order valence-electron chi connectivity index (χ0n) is 12.0. The van der Waals surface area contributed by atoms with E-state index in [1.54, 1.807) is 12.3 Å². The standard InChI is InChI=1S/C14H20ClN3OS2/c1-2-3-16-13-12(15)6-10(7-17-13)14(19)18-8-11-9-20-4-5-21-11/h6-7,11H,2-5,8-9H2,1H3,(H,16,17)(H,18,19). The predicted molar refractivity (Wildman–Crippen MR) is 93.9 cm³/mol. The van der Waals surface area contributed by atoms with E-state index in [2.05, 4.69) is 22.5 Å². The minimum Gasteiger partial charge on any atom is -0.369 e. The molecule has 2 N–H and O–H groups in total. The summed E-state index contributed by atoms with van der Waals surface area (Å²) >= 11 is 10.0. The number of hydrogen-bond donors (Lipinski definition) is 2. The van der Waals surface area contributed by atoms with Gasteiger partial charge in [0.2, 0.25) is 0 Å². The highest BCUT2D eigenvalue weighted by molar-refractivity contribution is 8.06. The normalized spacial score (nSPS) is 18.3. The maximum absolute atomic E-state index is 12.1. The molecule has 1 atom stereocenters. The maximum atomic E-state index is 12.1. The van der Waals surface area contributed by atoms with Crippen molar-refractivity contribution in [2.75, 3.05) is 35.7 Å². The van der Waals surface area contributed by atoms with E-state index in [9.17, 15) is 4.79 Å². The summed E-state index contributed by atoms with van der Waals surface area (Å²) in [5, 5.41) is 7.08. The van der Waals surface area contributed by atoms with Gasteiger partial charge >= 0.3 is 0 Å². The Bertz CT molecular complexity index is 481. The van der Waals surface area contributed by atoms with Crippen molar-refractivity contribution >= 4 is 46.8 Å². The second-order valence-corrected chi connectivity index (χ2v) is 7.72. The quantitative estimate of drug-likeness (QED) is 0.829. The molecule has 21 heavy (non-hydrogen) atoms. The van der Waals surface area contributed by atoms with Crippen LogP contribution in [0.15, 0.2) is 12.3 Å². The summed E-state index contributed by atoms with van der Waals surface area (Å²) in [6.07, 6.45) is 2.57. The molecular formula is C14H20ClN3OS2. The largest absolute Gasteiger partial charge is 0.369 e. The van der Waals surface area contributed by atoms with E-state index in [-0.39, 0.29) is 5.91 Å². The van der Waals surface area contributed by atoms with Crippen molar-refractivity contribution in [3.63, 3.8) is 0 Å². The number of halogens is 1. The SMILES string of the molecule is CCCNc1ncc(C(=O)NCC2CSCCS2)cc1Cl. The summed E-state index contributed by atoms with van der Waals surface area (Å²) < 4.78 is 0. The molecule has 0 spiro atoms. The highest BCUT2D eigenvalue weighted by atomic mass is 35.5. The van der Waals surface area contributed by atoms with Crippen LogP contribution in [0.1, 0.15) is 23.7 Å². The lowest BCUT2D eigenvalue weighted by molar-refractivity contribution is 0.0954. The molecule has 4 nitrogen and oxygen atoms in total. The van der Waals surface area contributed by atoms with Crippen molar-refractivity contribution in [2.24, 2.45) is 0 Å². The minimum atomic E-state index is -0.109. The average Bonchev–Trinajstić information content (AvgIpc) is 2.52. The smallest absolute Gasteiger partial charge is 0.252 e. The number of nitrogens with zero attached hydrogens (tertiary/aromatic N) is 1. The van der Waals surface area contributed by atoms with Crippen molar-refractivity contribution in [1.82, 2.24) is 10.3 Å². The fourth-order valence-corrected chi connectivity index (χ4v) is 4.74. The molecule has 1 fully saturated rings. The van der Waals surface area contributed by atoms with E-state index in [0.717, 1.165) is 24.5 Å². The van der Waals surface area contributed by atoms with Gasteiger partial charge in [0.1, 0.15) is 5.82 Å². The molecular weight excluding hydrogens is 326 g/mol. The Labute approximate surface area is 139 Å². The van der Waals surface area contributed by atoms with Crippen LogP contribution >= 0.6 is 35.1 Å². The molecule has 1 aliphatic heterocycles. The zero-order valence-corrected chi connectivity index (χ0v) is 14.4. The fraction of sp³-hybridized carbons (Fsp3) is 0.571. The molecule has 1 amide bonds. The topological polar surface area (TPSA) is 54.0 Å². The van der Waals surface area contributed by atoms with Crippen LogP contribution in [0.3, 0.4) is 0 Å². The molecule has 1 aromatic rings. The molecule has 2 heterocycles. The van der Waals surface area contributed by atoms with Gasteiger partial charge < -0.3 is 10.6 Å². The summed E-state index contributed by atoms with van der Waals surface area (Å²) in [6.45, 7) is 3.59. The molecule has 1 saturated heterocycles. The van der Waals surface area contributed by atoms with Gasteiger partial charge in [-0.15, -0.1) is 0 Å². The van der Waals surface area contributed by atoms with E-state index >= 15 is 0 Å². The van der Waals surface area contributed by atoms with Crippen LogP contribution in [0.2, 0.25) is 5.02 Å². The van der Waals surface area contributed by atoms with Gasteiger partial charge in [-0.05, 0) is 12.5 Å². The summed E-state index contributed by atoms with van der Waals surface area (Å²) in [7, 11) is 0. The Morgan fingerprint density at radius 1 is 1.52 bits per heavy atom. The van der Waals surface area contributed by atoms with Crippen LogP contribution in [-0.2, 0) is 0 Å². The average molecular weight is 346 g/mol. The molecule has 0 bridgehead atoms. The molecule has 2 rings (SSSR count). The number of nitrogens with one attached hydrogen (secondary N) is 2. The van der Waals surface area contributed by atoms with E-state index in [0.29, 0.717) is 28.2 Å². The zero-order chi connectivity index (χ0) is 15.1. The van der Waals surface area contributed by atoms with Crippen LogP contribution < -0.4 is 10.6 Å². The number of thioether (sulfide) groups is 2. The molecule has 1 aliphatic rings. The first-order valence-corrected chi connectivity index (χ1v) is 9.65. The lowest BCUT2D eigenvalue weighted by Gasteiger charge is -2.21. The summed E-state index contributed by atoms with van der Waals surface area (Å²) in [4.78, 5) is 16.3. The third kappa shape index (κ3) is 5.27. The van der Waals surface area contributed by atoms with Crippen LogP contribution in [0.25, 0.3) is 0 Å². The number of aromatic nitrogens is 1. The van der Waals surface area contributed by atoms with Gasteiger partial charge in [0.25, 0.3) is 5.91 Å². The molecule has 1 unspecified atom stereocenters. The van der Waals surface area contributed by atoms with Gasteiger partial charge in [0.15, 0.2) is 0 Å². The number of anilines is 1. The molecule has 116 valence electrons. The number of hydrogen-bond acceptors (Lipinski definition) is 5. The van der Waals surface area contributed by atoms with Crippen molar-refractivity contribution in [3.05, 3.63) is 22.8 Å². The highest BCUT2D eigenvalue weighted by Crippen LogP contribution is 2.23. The minimum absolute atomic E-state index is 0.109. The van der Waals surface area contributed by atoms with E-state index in [1.165, 1.54) is 5.75 Å². The molecule has 0 saturated carbocycles. The highest BCUT2D eigenvalue weighted by Gasteiger charge is 2.16. The van der Waals surface area contributed by atoms with Crippen LogP contribution in [0.5, 0.6) is 0 Å². The van der Waals surface area contributed by atoms with Crippen molar-refractivity contribution in [2.45, 2.75) is 18.6 Å². The Morgan fingerprint density at radius 3 is 3.05 bits per heavy atom. The van der Waals surface area contributed by atoms with Crippen molar-refractivity contribution in [1.29, 1.82) is 0 Å². The molecule has 1 aromatic heterocycles. The van der Waals surface area contributed by atoms with Crippen molar-refractivity contribution in [3.8, 4) is 0 Å². The van der Waals surface area contributed by atoms with Gasteiger partial charge in [-0.25, -0.2) is 4.98 Å². The molecule has 0 aliphatic carbocycles. The van der Waals surface area contributed by atoms with Crippen LogP contribution in [0.4, 0.5) is 5.82 Å². The van der Waals surface area contributed by atoms with E-state index < -0.39 is 0 Å². The van der Waals surface area contributed by atoms with Gasteiger partial charge in [-0.1, -0.05) is 18.5 Å². The molecule has 0 radical (unpaired) electrons. The Balaban J connectivity index is 1.88.